The van der Waals surface area contributed by atoms with Crippen LogP contribution in [-0.2, 0) is 0 Å². The summed E-state index contributed by atoms with van der Waals surface area (Å²) in [4.78, 5) is 28.9. The third-order valence-electron chi connectivity index (χ3n) is 5.62. The Morgan fingerprint density at radius 2 is 2.06 bits per heavy atom. The molecule has 31 heavy (non-hydrogen) atoms. The third-order valence-corrected chi connectivity index (χ3v) is 5.62. The van der Waals surface area contributed by atoms with E-state index in [1.807, 2.05) is 0 Å². The van der Waals surface area contributed by atoms with Crippen LogP contribution in [-0.4, -0.2) is 28.4 Å². The quantitative estimate of drug-likeness (QED) is 0.447. The molecule has 7 heteroatoms. The maximum Gasteiger partial charge on any atom is 0.251 e. The number of nitrogens with zero attached hydrogens (tertiary/aromatic N) is 1. The fourth-order valence-electron chi connectivity index (χ4n) is 3.72. The molecule has 0 saturated heterocycles. The van der Waals surface area contributed by atoms with Gasteiger partial charge in [-0.05, 0) is 49.9 Å². The Bertz CT molecular complexity index is 1320. The monoisotopic (exact) mass is 417 g/mol. The normalized spacial score (nSPS) is 13.5. The highest BCUT2D eigenvalue weighted by molar-refractivity contribution is 6.19. The van der Waals surface area contributed by atoms with Crippen LogP contribution >= 0.6 is 0 Å². The Morgan fingerprint density at radius 3 is 2.84 bits per heavy atom. The Morgan fingerprint density at radius 1 is 1.23 bits per heavy atom. The zero-order chi connectivity index (χ0) is 21.5. The number of ketones is 1. The summed E-state index contributed by atoms with van der Waals surface area (Å²) in [6.45, 7) is 2.35. The lowest BCUT2D eigenvalue weighted by atomic mass is 9.97. The van der Waals surface area contributed by atoms with Crippen LogP contribution in [0, 0.1) is 18.7 Å². The van der Waals surface area contributed by atoms with Gasteiger partial charge in [-0.2, -0.15) is 0 Å². The number of hydrogen-bond donors (Lipinski definition) is 2. The minimum absolute atomic E-state index is 0.125. The summed E-state index contributed by atoms with van der Waals surface area (Å²) in [6, 6.07) is 11.1. The summed E-state index contributed by atoms with van der Waals surface area (Å²) < 4.78 is 19.0. The van der Waals surface area contributed by atoms with E-state index in [0.29, 0.717) is 51.5 Å². The van der Waals surface area contributed by atoms with Crippen molar-refractivity contribution >= 4 is 22.6 Å². The molecule has 1 aliphatic rings. The smallest absolute Gasteiger partial charge is 0.251 e. The van der Waals surface area contributed by atoms with E-state index in [-0.39, 0.29) is 17.3 Å². The van der Waals surface area contributed by atoms with Crippen LogP contribution in [0.4, 0.5) is 4.39 Å². The lowest BCUT2D eigenvalue weighted by Crippen LogP contribution is -2.25. The van der Waals surface area contributed by atoms with Crippen molar-refractivity contribution in [1.82, 2.24) is 15.5 Å². The Kier molecular flexibility index (Phi) is 4.66. The van der Waals surface area contributed by atoms with E-state index >= 15 is 0 Å². The Balaban J connectivity index is 1.48. The maximum atomic E-state index is 13.7. The molecule has 0 spiro atoms. The molecule has 2 N–H and O–H groups in total. The standard InChI is InChI=1S/C24H20FN3O3/c1-13-21(22(28-31-13)15-3-2-4-17(25)9-15)23(29)19-12-26-20-10-16(7-8-18(19)20)24(30)27-11-14-5-6-14/h2-4,7-10,12,14,26H,5-6,11H2,1H3,(H,27,30). The molecule has 1 amide bonds. The topological polar surface area (TPSA) is 88.0 Å². The van der Waals surface area contributed by atoms with Crippen LogP contribution < -0.4 is 5.32 Å². The van der Waals surface area contributed by atoms with E-state index in [2.05, 4.69) is 15.5 Å². The van der Waals surface area contributed by atoms with Gasteiger partial charge in [0.15, 0.2) is 0 Å². The largest absolute Gasteiger partial charge is 0.360 e. The zero-order valence-electron chi connectivity index (χ0n) is 16.9. The Hall–Kier alpha value is -3.74. The molecular weight excluding hydrogens is 397 g/mol. The number of amides is 1. The van der Waals surface area contributed by atoms with Crippen LogP contribution in [0.15, 0.2) is 53.2 Å². The van der Waals surface area contributed by atoms with E-state index in [4.69, 9.17) is 4.52 Å². The zero-order valence-corrected chi connectivity index (χ0v) is 16.9. The number of H-pyrrole nitrogens is 1. The first-order chi connectivity index (χ1) is 15.0. The number of nitrogens with one attached hydrogen (secondary N) is 2. The second kappa shape index (κ2) is 7.50. The summed E-state index contributed by atoms with van der Waals surface area (Å²) in [5, 5.41) is 7.62. The summed E-state index contributed by atoms with van der Waals surface area (Å²) in [6.07, 6.45) is 3.95. The van der Waals surface area contributed by atoms with Gasteiger partial charge in [0.05, 0.1) is 5.56 Å². The van der Waals surface area contributed by atoms with Crippen LogP contribution in [0.2, 0.25) is 0 Å². The van der Waals surface area contributed by atoms with Crippen molar-refractivity contribution < 1.29 is 18.5 Å². The fraction of sp³-hybridized carbons (Fsp3) is 0.208. The number of aromatic amines is 1. The SMILES string of the molecule is Cc1onc(-c2cccc(F)c2)c1C(=O)c1c[nH]c2cc(C(=O)NCC3CC3)ccc12. The number of aryl methyl sites for hydroxylation is 1. The molecule has 0 atom stereocenters. The van der Waals surface area contributed by atoms with Crippen LogP contribution in [0.3, 0.4) is 0 Å². The first-order valence-corrected chi connectivity index (χ1v) is 10.2. The minimum Gasteiger partial charge on any atom is -0.360 e. The number of fused-ring (bicyclic) bond motifs is 1. The van der Waals surface area contributed by atoms with E-state index in [9.17, 15) is 14.0 Å². The summed E-state index contributed by atoms with van der Waals surface area (Å²) >= 11 is 0. The molecule has 0 aliphatic heterocycles. The fourth-order valence-corrected chi connectivity index (χ4v) is 3.72. The van der Waals surface area contributed by atoms with Gasteiger partial charge in [-0.3, -0.25) is 9.59 Å². The second-order valence-electron chi connectivity index (χ2n) is 7.92. The van der Waals surface area contributed by atoms with Crippen molar-refractivity contribution in [1.29, 1.82) is 0 Å². The first kappa shape index (κ1) is 19.2. The van der Waals surface area contributed by atoms with Gasteiger partial charge in [0, 0.05) is 40.3 Å². The molecule has 6 nitrogen and oxygen atoms in total. The predicted molar refractivity (Wildman–Crippen MR) is 113 cm³/mol. The predicted octanol–water partition coefficient (Wildman–Crippen LogP) is 4.64. The van der Waals surface area contributed by atoms with E-state index in [1.165, 1.54) is 25.0 Å². The maximum absolute atomic E-state index is 13.7. The van der Waals surface area contributed by atoms with Gasteiger partial charge < -0.3 is 14.8 Å². The second-order valence-corrected chi connectivity index (χ2v) is 7.92. The molecule has 2 heterocycles. The minimum atomic E-state index is -0.420. The number of benzene rings is 2. The number of carbonyl (C=O) groups excluding carboxylic acids is 2. The Labute approximate surface area is 177 Å². The van der Waals surface area contributed by atoms with Gasteiger partial charge in [0.2, 0.25) is 5.78 Å². The van der Waals surface area contributed by atoms with Crippen LogP contribution in [0.5, 0.6) is 0 Å². The van der Waals surface area contributed by atoms with Gasteiger partial charge in [-0.1, -0.05) is 23.4 Å². The number of hydrogen-bond acceptors (Lipinski definition) is 4. The highest BCUT2D eigenvalue weighted by Crippen LogP contribution is 2.31. The lowest BCUT2D eigenvalue weighted by Gasteiger charge is -2.05. The van der Waals surface area contributed by atoms with Gasteiger partial charge in [0.1, 0.15) is 17.3 Å². The van der Waals surface area contributed by atoms with Gasteiger partial charge >= 0.3 is 0 Å². The van der Waals surface area contributed by atoms with Crippen molar-refractivity contribution in [3.63, 3.8) is 0 Å². The van der Waals surface area contributed by atoms with Crippen LogP contribution in [0.1, 0.15) is 44.9 Å². The first-order valence-electron chi connectivity index (χ1n) is 10.2. The van der Waals surface area contributed by atoms with E-state index in [1.54, 1.807) is 43.5 Å². The lowest BCUT2D eigenvalue weighted by molar-refractivity contribution is 0.0951. The van der Waals surface area contributed by atoms with Crippen molar-refractivity contribution in [3.8, 4) is 11.3 Å². The average molecular weight is 417 g/mol. The average Bonchev–Trinajstić information content (AvgIpc) is 3.37. The highest BCUT2D eigenvalue weighted by Gasteiger charge is 2.26. The molecule has 2 aromatic heterocycles. The molecule has 0 bridgehead atoms. The van der Waals surface area contributed by atoms with Crippen molar-refractivity contribution in [2.24, 2.45) is 5.92 Å². The molecule has 0 unspecified atom stereocenters. The number of carbonyl (C=O) groups is 2. The van der Waals surface area contributed by atoms with Gasteiger partial charge in [-0.25, -0.2) is 4.39 Å². The summed E-state index contributed by atoms with van der Waals surface area (Å²) in [7, 11) is 0. The molecular formula is C24H20FN3O3. The van der Waals surface area contributed by atoms with Crippen molar-refractivity contribution in [2.75, 3.05) is 6.54 Å². The third kappa shape index (κ3) is 3.63. The van der Waals surface area contributed by atoms with Crippen LogP contribution in [0.25, 0.3) is 22.2 Å². The molecule has 2 aromatic carbocycles. The molecule has 0 radical (unpaired) electrons. The molecule has 1 aliphatic carbocycles. The number of halogens is 1. The molecule has 156 valence electrons. The van der Waals surface area contributed by atoms with Gasteiger partial charge in [-0.15, -0.1) is 0 Å². The number of aromatic nitrogens is 2. The van der Waals surface area contributed by atoms with Gasteiger partial charge in [0.25, 0.3) is 5.91 Å². The number of rotatable bonds is 6. The van der Waals surface area contributed by atoms with E-state index < -0.39 is 5.82 Å². The van der Waals surface area contributed by atoms with Crippen molar-refractivity contribution in [2.45, 2.75) is 19.8 Å². The summed E-state index contributed by atoms with van der Waals surface area (Å²) in [5.41, 5.74) is 2.71. The molecule has 1 fully saturated rings. The van der Waals surface area contributed by atoms with E-state index in [0.717, 1.165) is 0 Å². The highest BCUT2D eigenvalue weighted by atomic mass is 19.1. The molecule has 5 rings (SSSR count). The molecule has 1 saturated carbocycles. The molecule has 4 aromatic rings. The summed E-state index contributed by atoms with van der Waals surface area (Å²) in [5.74, 6) is 0.127. The van der Waals surface area contributed by atoms with Crippen molar-refractivity contribution in [3.05, 3.63) is 76.9 Å².